The van der Waals surface area contributed by atoms with Crippen LogP contribution in [-0.4, -0.2) is 18.4 Å². The van der Waals surface area contributed by atoms with E-state index in [2.05, 4.69) is 10.3 Å². The second-order valence-corrected chi connectivity index (χ2v) is 1.48. The molecule has 1 aliphatic heterocycles. The fourth-order valence-electron chi connectivity index (χ4n) is 0.306. The number of halogens is 1. The number of nitrogens with zero attached hydrogens (tertiary/aromatic N) is 2. The van der Waals surface area contributed by atoms with Crippen molar-refractivity contribution in [3.63, 3.8) is 0 Å². The van der Waals surface area contributed by atoms with Gasteiger partial charge in [0, 0.05) is 6.21 Å². The molecule has 0 aromatic rings. The van der Waals surface area contributed by atoms with E-state index in [4.69, 9.17) is 11.6 Å². The van der Waals surface area contributed by atoms with Crippen LogP contribution >= 0.6 is 11.6 Å². The molecule has 0 aromatic heterocycles. The van der Waals surface area contributed by atoms with Crippen molar-refractivity contribution in [2.45, 2.75) is 5.50 Å². The van der Waals surface area contributed by atoms with Crippen LogP contribution in [0.5, 0.6) is 0 Å². The Kier molecular flexibility index (Phi) is 1.08. The summed E-state index contributed by atoms with van der Waals surface area (Å²) in [4.78, 5) is 3.74. The second-order valence-electron chi connectivity index (χ2n) is 1.03. The molecule has 0 bridgehead atoms. The molecule has 33 valence electrons. The van der Waals surface area contributed by atoms with Gasteiger partial charge in [-0.15, -0.1) is 0 Å². The van der Waals surface area contributed by atoms with E-state index in [-0.39, 0.29) is 5.50 Å². The Morgan fingerprint density at radius 3 is 2.83 bits per heavy atom. The van der Waals surface area contributed by atoms with Gasteiger partial charge in [0.15, 0.2) is 0 Å². The highest BCUT2D eigenvalue weighted by Gasteiger charge is 2.02. The summed E-state index contributed by atoms with van der Waals surface area (Å²) >= 11 is 5.40. The highest BCUT2D eigenvalue weighted by Crippen LogP contribution is 1.93. The third-order valence-corrected chi connectivity index (χ3v) is 0.817. The first-order chi connectivity index (χ1) is 2.89. The smallest absolute Gasteiger partial charge is 0.135 e. The van der Waals surface area contributed by atoms with Crippen LogP contribution < -0.4 is 5.32 Å². The molecule has 0 fully saturated rings. The topological polar surface area (TPSA) is 26.5 Å². The van der Waals surface area contributed by atoms with Crippen molar-refractivity contribution in [1.82, 2.24) is 5.32 Å². The molecule has 1 atom stereocenters. The monoisotopic (exact) mass is 103 g/mol. The van der Waals surface area contributed by atoms with Gasteiger partial charge in [-0.3, -0.25) is 4.99 Å². The molecule has 0 aliphatic carbocycles. The van der Waals surface area contributed by atoms with Gasteiger partial charge < -0.3 is 0 Å². The van der Waals surface area contributed by atoms with E-state index in [0.717, 1.165) is 0 Å². The van der Waals surface area contributed by atoms with E-state index in [1.807, 2.05) is 0 Å². The molecule has 2 nitrogen and oxygen atoms in total. The lowest BCUT2D eigenvalue weighted by Crippen LogP contribution is -2.07. The van der Waals surface area contributed by atoms with Crippen molar-refractivity contribution in [2.24, 2.45) is 4.99 Å². The molecule has 0 N–H and O–H groups in total. The van der Waals surface area contributed by atoms with Gasteiger partial charge in [0.2, 0.25) is 0 Å². The van der Waals surface area contributed by atoms with Crippen LogP contribution in [0.2, 0.25) is 0 Å². The van der Waals surface area contributed by atoms with Crippen LogP contribution in [0.4, 0.5) is 0 Å². The molecule has 6 heavy (non-hydrogen) atoms. The summed E-state index contributed by atoms with van der Waals surface area (Å²) in [6.45, 7) is 0.550. The van der Waals surface area contributed by atoms with E-state index in [0.29, 0.717) is 6.67 Å². The van der Waals surface area contributed by atoms with Crippen LogP contribution in [0.3, 0.4) is 0 Å². The summed E-state index contributed by atoms with van der Waals surface area (Å²) in [6.07, 6.45) is 1.63. The lowest BCUT2D eigenvalue weighted by molar-refractivity contribution is 0.796. The zero-order valence-corrected chi connectivity index (χ0v) is 3.89. The predicted molar refractivity (Wildman–Crippen MR) is 25.1 cm³/mol. The molecule has 3 heteroatoms. The Morgan fingerprint density at radius 2 is 2.67 bits per heavy atom. The van der Waals surface area contributed by atoms with E-state index in [1.54, 1.807) is 6.21 Å². The van der Waals surface area contributed by atoms with Crippen molar-refractivity contribution >= 4 is 17.8 Å². The number of hydrogen-bond donors (Lipinski definition) is 0. The summed E-state index contributed by atoms with van der Waals surface area (Å²) in [5, 5.41) is 3.78. The van der Waals surface area contributed by atoms with E-state index in [9.17, 15) is 0 Å². The molecule has 1 radical (unpaired) electrons. The molecule has 0 saturated carbocycles. The number of alkyl halides is 1. The number of aliphatic imine (C=N–C) groups is 1. The van der Waals surface area contributed by atoms with Gasteiger partial charge in [0.25, 0.3) is 0 Å². The molecular weight excluding hydrogens is 99.5 g/mol. The third-order valence-electron chi connectivity index (χ3n) is 0.566. The number of hydrogen-bond acceptors (Lipinski definition) is 1. The average Bonchev–Trinajstić information content (AvgIpc) is 1.86. The van der Waals surface area contributed by atoms with Gasteiger partial charge in [0.05, 0.1) is 0 Å². The van der Waals surface area contributed by atoms with Crippen LogP contribution in [0.1, 0.15) is 0 Å². The van der Waals surface area contributed by atoms with E-state index in [1.165, 1.54) is 0 Å². The highest BCUT2D eigenvalue weighted by atomic mass is 35.5. The van der Waals surface area contributed by atoms with Crippen molar-refractivity contribution in [1.29, 1.82) is 0 Å². The Balaban J connectivity index is 2.38. The van der Waals surface area contributed by atoms with E-state index >= 15 is 0 Å². The third kappa shape index (κ3) is 0.698. The van der Waals surface area contributed by atoms with Crippen molar-refractivity contribution in [2.75, 3.05) is 6.67 Å². The van der Waals surface area contributed by atoms with Gasteiger partial charge in [0.1, 0.15) is 12.2 Å². The normalized spacial score (nSPS) is 31.8. The maximum atomic E-state index is 5.40. The molecule has 0 spiro atoms. The molecule has 1 rings (SSSR count). The minimum Gasteiger partial charge on any atom is -0.278 e. The summed E-state index contributed by atoms with van der Waals surface area (Å²) in [5.74, 6) is 0. The van der Waals surface area contributed by atoms with Crippen molar-refractivity contribution < 1.29 is 0 Å². The van der Waals surface area contributed by atoms with E-state index < -0.39 is 0 Å². The zero-order chi connectivity index (χ0) is 4.41. The standard InChI is InChI=1S/C3H4ClN2/c4-3-1-5-2-6-3/h1,3H,2H2. The Hall–Kier alpha value is -0.0800. The molecule has 0 aromatic carbocycles. The second kappa shape index (κ2) is 1.58. The first-order valence-electron chi connectivity index (χ1n) is 1.70. The van der Waals surface area contributed by atoms with Crippen molar-refractivity contribution in [3.8, 4) is 0 Å². The molecule has 1 aliphatic rings. The Bertz CT molecular complexity index is 71.2. The fourth-order valence-corrected chi connectivity index (χ4v) is 0.448. The SMILES string of the molecule is ClC1C=NC[N]1. The molecule has 0 amide bonds. The molecule has 0 saturated heterocycles. The molecule has 1 unspecified atom stereocenters. The summed E-state index contributed by atoms with van der Waals surface area (Å²) in [6, 6.07) is 0. The maximum Gasteiger partial charge on any atom is 0.135 e. The summed E-state index contributed by atoms with van der Waals surface area (Å²) < 4.78 is 0. The minimum absolute atomic E-state index is 0.148. The van der Waals surface area contributed by atoms with Gasteiger partial charge in [-0.2, -0.15) is 5.32 Å². The summed E-state index contributed by atoms with van der Waals surface area (Å²) in [7, 11) is 0. The Labute approximate surface area is 41.2 Å². The van der Waals surface area contributed by atoms with Crippen LogP contribution in [-0.2, 0) is 0 Å². The zero-order valence-electron chi connectivity index (χ0n) is 3.13. The average molecular weight is 104 g/mol. The molecule has 1 heterocycles. The largest absolute Gasteiger partial charge is 0.278 e. The maximum absolute atomic E-state index is 5.40. The van der Waals surface area contributed by atoms with Crippen LogP contribution in [0, 0.1) is 0 Å². The minimum atomic E-state index is -0.148. The quantitative estimate of drug-likeness (QED) is 0.309. The first kappa shape index (κ1) is 4.09. The van der Waals surface area contributed by atoms with Crippen molar-refractivity contribution in [3.05, 3.63) is 0 Å². The lowest BCUT2D eigenvalue weighted by atomic mass is 10.7. The summed E-state index contributed by atoms with van der Waals surface area (Å²) in [5.41, 5.74) is -0.148. The van der Waals surface area contributed by atoms with Crippen LogP contribution in [0.25, 0.3) is 0 Å². The van der Waals surface area contributed by atoms with Gasteiger partial charge in [-0.05, 0) is 0 Å². The fraction of sp³-hybridized carbons (Fsp3) is 0.667. The number of rotatable bonds is 0. The van der Waals surface area contributed by atoms with Gasteiger partial charge in [-0.1, -0.05) is 11.6 Å². The van der Waals surface area contributed by atoms with Gasteiger partial charge >= 0.3 is 0 Å². The first-order valence-corrected chi connectivity index (χ1v) is 2.14. The van der Waals surface area contributed by atoms with Gasteiger partial charge in [-0.25, -0.2) is 0 Å². The lowest BCUT2D eigenvalue weighted by Gasteiger charge is -1.85. The predicted octanol–water partition coefficient (Wildman–Crippen LogP) is 0.198. The molecular formula is C3H4ClN2. The Morgan fingerprint density at radius 1 is 1.83 bits per heavy atom. The van der Waals surface area contributed by atoms with Crippen LogP contribution in [0.15, 0.2) is 4.99 Å². The highest BCUT2D eigenvalue weighted by molar-refractivity contribution is 6.28.